The average Bonchev–Trinajstić information content (AvgIpc) is 3.07. The van der Waals surface area contributed by atoms with Crippen LogP contribution in [0.25, 0.3) is 6.08 Å². The van der Waals surface area contributed by atoms with Crippen LogP contribution in [0.4, 0.5) is 5.69 Å². The molecule has 2 nitrogen and oxygen atoms in total. The Kier molecular flexibility index (Phi) is 21.6. The summed E-state index contributed by atoms with van der Waals surface area (Å²) in [7, 11) is 0. The SMILES string of the molecule is CCCCCCCCc1c(CCCC)cc(C=C[N+](CC)=Nc2cc(CCCC)c(CC)c(CCCCCC)c2)cc1CCCC. The van der Waals surface area contributed by atoms with Crippen LogP contribution in [0.15, 0.2) is 35.6 Å². The van der Waals surface area contributed by atoms with Gasteiger partial charge in [-0.3, -0.25) is 0 Å². The van der Waals surface area contributed by atoms with Crippen molar-refractivity contribution in [1.82, 2.24) is 0 Å². The fraction of sp³-hybridized carbons (Fsp3) is 0.682. The quantitative estimate of drug-likeness (QED) is 0.0559. The molecule has 0 amide bonds. The zero-order valence-corrected chi connectivity index (χ0v) is 31.6. The second-order valence-electron chi connectivity index (χ2n) is 13.7. The molecule has 0 heterocycles. The van der Waals surface area contributed by atoms with Crippen molar-refractivity contribution in [2.45, 2.75) is 190 Å². The Balaban J connectivity index is 2.42. The Labute approximate surface area is 286 Å². The van der Waals surface area contributed by atoms with E-state index in [1.165, 1.54) is 152 Å². The summed E-state index contributed by atoms with van der Waals surface area (Å²) in [6.45, 7) is 17.0. The highest BCUT2D eigenvalue weighted by Crippen LogP contribution is 2.28. The lowest BCUT2D eigenvalue weighted by atomic mass is 9.88. The van der Waals surface area contributed by atoms with Gasteiger partial charge in [-0.15, -0.1) is 0 Å². The molecular weight excluding hydrogens is 556 g/mol. The van der Waals surface area contributed by atoms with Gasteiger partial charge < -0.3 is 0 Å². The minimum absolute atomic E-state index is 0.865. The van der Waals surface area contributed by atoms with Gasteiger partial charge in [0.1, 0.15) is 5.69 Å². The van der Waals surface area contributed by atoms with Crippen LogP contribution in [-0.4, -0.2) is 11.2 Å². The van der Waals surface area contributed by atoms with E-state index in [4.69, 9.17) is 5.11 Å². The van der Waals surface area contributed by atoms with Crippen LogP contribution in [-0.2, 0) is 38.5 Å². The lowest BCUT2D eigenvalue weighted by Gasteiger charge is -2.17. The molecular formula is C44H73N2+. The molecule has 258 valence electrons. The number of rotatable bonds is 26. The Hall–Kier alpha value is -2.22. The van der Waals surface area contributed by atoms with Gasteiger partial charge in [0.25, 0.3) is 0 Å². The van der Waals surface area contributed by atoms with E-state index < -0.39 is 0 Å². The van der Waals surface area contributed by atoms with E-state index in [9.17, 15) is 0 Å². The number of hydrogen-bond donors (Lipinski definition) is 0. The standard InChI is InChI=1S/C44H73N2/c1-8-15-20-22-23-25-30-44-38(26-17-10-3)33-37(34-39(44)27-18-11-4)31-32-46(14-7)45-42-35-40(28-19-12-5)43(13-6)41(36-42)29-24-21-16-9-2/h31-36H,8-30H2,1-7H3/q+1. The van der Waals surface area contributed by atoms with Crippen molar-refractivity contribution < 1.29 is 4.70 Å². The molecule has 0 unspecified atom stereocenters. The van der Waals surface area contributed by atoms with E-state index in [1.807, 2.05) is 0 Å². The van der Waals surface area contributed by atoms with Crippen molar-refractivity contribution >= 4 is 11.8 Å². The molecule has 2 rings (SSSR count). The number of aryl methyl sites for hydroxylation is 4. The molecule has 2 heteroatoms. The van der Waals surface area contributed by atoms with Gasteiger partial charge in [-0.25, -0.2) is 0 Å². The Morgan fingerprint density at radius 2 is 0.913 bits per heavy atom. The van der Waals surface area contributed by atoms with Crippen LogP contribution >= 0.6 is 0 Å². The normalized spacial score (nSPS) is 12.1. The van der Waals surface area contributed by atoms with Crippen LogP contribution in [0.5, 0.6) is 0 Å². The third-order valence-corrected chi connectivity index (χ3v) is 9.72. The van der Waals surface area contributed by atoms with Gasteiger partial charge in [0.2, 0.25) is 0 Å². The maximum Gasteiger partial charge on any atom is 0.196 e. The summed E-state index contributed by atoms with van der Waals surface area (Å²) in [4.78, 5) is 0. The van der Waals surface area contributed by atoms with Crippen molar-refractivity contribution in [1.29, 1.82) is 0 Å². The van der Waals surface area contributed by atoms with Gasteiger partial charge in [-0.2, -0.15) is 0 Å². The number of hydrogen-bond acceptors (Lipinski definition) is 1. The van der Waals surface area contributed by atoms with Crippen LogP contribution in [0, 0.1) is 0 Å². The molecule has 0 fully saturated rings. The third-order valence-electron chi connectivity index (χ3n) is 9.72. The first-order chi connectivity index (χ1) is 22.5. The molecule has 2 aromatic rings. The summed E-state index contributed by atoms with van der Waals surface area (Å²) in [5.41, 5.74) is 12.0. The van der Waals surface area contributed by atoms with Crippen LogP contribution in [0.2, 0.25) is 0 Å². The molecule has 0 bridgehead atoms. The summed E-state index contributed by atoms with van der Waals surface area (Å²) in [6, 6.07) is 9.81. The fourth-order valence-corrected chi connectivity index (χ4v) is 6.88. The highest BCUT2D eigenvalue weighted by atomic mass is 15.2. The second kappa shape index (κ2) is 24.9. The number of unbranched alkanes of at least 4 members (excludes halogenated alkanes) is 11. The number of nitrogens with zero attached hydrogens (tertiary/aromatic N) is 2. The maximum atomic E-state index is 5.22. The van der Waals surface area contributed by atoms with Gasteiger partial charge >= 0.3 is 0 Å². The minimum Gasteiger partial charge on any atom is -0.0910 e. The molecule has 0 N–H and O–H groups in total. The van der Waals surface area contributed by atoms with E-state index in [0.717, 1.165) is 18.7 Å². The molecule has 0 aromatic heterocycles. The van der Waals surface area contributed by atoms with Gasteiger partial charge in [-0.1, -0.05) is 129 Å². The monoisotopic (exact) mass is 630 g/mol. The lowest BCUT2D eigenvalue weighted by molar-refractivity contribution is -0.519. The summed E-state index contributed by atoms with van der Waals surface area (Å²) >= 11 is 0. The van der Waals surface area contributed by atoms with Crippen molar-refractivity contribution in [3.63, 3.8) is 0 Å². The molecule has 46 heavy (non-hydrogen) atoms. The molecule has 0 spiro atoms. The van der Waals surface area contributed by atoms with Crippen molar-refractivity contribution in [2.24, 2.45) is 5.11 Å². The zero-order valence-electron chi connectivity index (χ0n) is 31.6. The third kappa shape index (κ3) is 14.7. The van der Waals surface area contributed by atoms with Gasteiger partial charge in [0, 0.05) is 6.08 Å². The smallest absolute Gasteiger partial charge is 0.0910 e. The number of azo groups is 2. The predicted octanol–water partition coefficient (Wildman–Crippen LogP) is 14.1. The highest BCUT2D eigenvalue weighted by molar-refractivity contribution is 5.54. The Morgan fingerprint density at radius 1 is 0.478 bits per heavy atom. The van der Waals surface area contributed by atoms with Crippen molar-refractivity contribution in [2.75, 3.05) is 6.54 Å². The topological polar surface area (TPSA) is 15.4 Å². The van der Waals surface area contributed by atoms with E-state index in [2.05, 4.69) is 89.7 Å². The number of benzene rings is 2. The first-order valence-corrected chi connectivity index (χ1v) is 20.0. The van der Waals surface area contributed by atoms with E-state index in [-0.39, 0.29) is 0 Å². The molecule has 0 saturated carbocycles. The molecule has 0 atom stereocenters. The summed E-state index contributed by atoms with van der Waals surface area (Å²) in [5.74, 6) is 0. The Bertz CT molecular complexity index is 1130. The van der Waals surface area contributed by atoms with Crippen LogP contribution < -0.4 is 0 Å². The molecule has 0 radical (unpaired) electrons. The summed E-state index contributed by atoms with van der Waals surface area (Å²) < 4.78 is 2.16. The minimum atomic E-state index is 0.865. The lowest BCUT2D eigenvalue weighted by Crippen LogP contribution is -2.04. The largest absolute Gasteiger partial charge is 0.196 e. The van der Waals surface area contributed by atoms with Gasteiger partial charge in [0.15, 0.2) is 12.7 Å². The predicted molar refractivity (Wildman–Crippen MR) is 205 cm³/mol. The highest BCUT2D eigenvalue weighted by Gasteiger charge is 2.14. The van der Waals surface area contributed by atoms with E-state index in [0.29, 0.717) is 0 Å². The summed E-state index contributed by atoms with van der Waals surface area (Å²) in [5, 5.41) is 5.22. The zero-order chi connectivity index (χ0) is 33.4. The first kappa shape index (κ1) is 40.0. The van der Waals surface area contributed by atoms with Crippen molar-refractivity contribution in [3.05, 3.63) is 69.4 Å². The molecule has 2 aromatic carbocycles. The van der Waals surface area contributed by atoms with Crippen LogP contribution in [0.1, 0.15) is 190 Å². The first-order valence-electron chi connectivity index (χ1n) is 20.0. The van der Waals surface area contributed by atoms with Gasteiger partial charge in [0.05, 0.1) is 0 Å². The maximum absolute atomic E-state index is 5.22. The van der Waals surface area contributed by atoms with E-state index in [1.54, 1.807) is 22.3 Å². The van der Waals surface area contributed by atoms with Crippen LogP contribution in [0.3, 0.4) is 0 Å². The van der Waals surface area contributed by atoms with E-state index >= 15 is 0 Å². The van der Waals surface area contributed by atoms with Crippen molar-refractivity contribution in [3.8, 4) is 0 Å². The summed E-state index contributed by atoms with van der Waals surface area (Å²) in [6.07, 6.45) is 32.6. The molecule has 0 aliphatic heterocycles. The molecule has 0 saturated heterocycles. The average molecular weight is 630 g/mol. The fourth-order valence-electron chi connectivity index (χ4n) is 6.88. The van der Waals surface area contributed by atoms with Gasteiger partial charge in [-0.05, 0) is 134 Å². The Morgan fingerprint density at radius 3 is 1.41 bits per heavy atom. The molecule has 0 aliphatic rings. The second-order valence-corrected chi connectivity index (χ2v) is 13.7. The molecule has 0 aliphatic carbocycles.